The lowest BCUT2D eigenvalue weighted by atomic mass is 10.1. The van der Waals surface area contributed by atoms with Gasteiger partial charge in [-0.1, -0.05) is 12.1 Å². The summed E-state index contributed by atoms with van der Waals surface area (Å²) < 4.78 is 45.6. The van der Waals surface area contributed by atoms with Gasteiger partial charge in [-0.15, -0.1) is 0 Å². The highest BCUT2D eigenvalue weighted by atomic mass is 19.4. The van der Waals surface area contributed by atoms with Crippen molar-refractivity contribution in [2.75, 3.05) is 12.4 Å². The quantitative estimate of drug-likeness (QED) is 0.447. The van der Waals surface area contributed by atoms with Gasteiger partial charge in [0.05, 0.1) is 11.9 Å². The molecule has 4 atom stereocenters. The number of anilines is 1. The first kappa shape index (κ1) is 21.9. The van der Waals surface area contributed by atoms with E-state index in [0.717, 1.165) is 12.1 Å². The summed E-state index contributed by atoms with van der Waals surface area (Å²) in [4.78, 5) is 24.3. The van der Waals surface area contributed by atoms with Gasteiger partial charge in [0.25, 0.3) is 5.91 Å². The molecule has 1 unspecified atom stereocenters. The number of alkyl halides is 3. The fraction of sp³-hybridized carbons (Fsp3) is 0.368. The molecule has 1 fully saturated rings. The number of halogens is 3. The molecule has 13 heteroatoms. The SMILES string of the molecule is CNC(=O)[C@H]1OC(n2cnc3c(NCc4cccc(C(F)(F)F)c4)ncnc32)[C@H](O)[C@@H]1O. The molecule has 3 heterocycles. The molecule has 0 saturated carbocycles. The second-order valence-electron chi connectivity index (χ2n) is 7.14. The van der Waals surface area contributed by atoms with E-state index in [2.05, 4.69) is 25.6 Å². The first-order valence-corrected chi connectivity index (χ1v) is 9.51. The summed E-state index contributed by atoms with van der Waals surface area (Å²) in [5, 5.41) is 25.8. The minimum absolute atomic E-state index is 0.0445. The van der Waals surface area contributed by atoms with Crippen LogP contribution in [0.25, 0.3) is 11.2 Å². The van der Waals surface area contributed by atoms with Crippen LogP contribution in [0.3, 0.4) is 0 Å². The molecule has 3 aromatic rings. The van der Waals surface area contributed by atoms with Gasteiger partial charge in [0, 0.05) is 13.6 Å². The average Bonchev–Trinajstić information content (AvgIpc) is 3.33. The molecule has 0 bridgehead atoms. The predicted octanol–water partition coefficient (Wildman–Crippen LogP) is 0.822. The zero-order chi connectivity index (χ0) is 23.0. The van der Waals surface area contributed by atoms with Gasteiger partial charge in [-0.3, -0.25) is 9.36 Å². The number of nitrogens with zero attached hydrogens (tertiary/aromatic N) is 4. The average molecular weight is 452 g/mol. The molecular formula is C19H19F3N6O4. The Labute approximate surface area is 179 Å². The highest BCUT2D eigenvalue weighted by Crippen LogP contribution is 2.33. The van der Waals surface area contributed by atoms with Crippen molar-refractivity contribution in [3.8, 4) is 0 Å². The Bertz CT molecular complexity index is 1140. The van der Waals surface area contributed by atoms with Crippen LogP contribution in [-0.4, -0.2) is 61.0 Å². The molecule has 2 aromatic heterocycles. The fourth-order valence-corrected chi connectivity index (χ4v) is 3.46. The number of aromatic nitrogens is 4. The van der Waals surface area contributed by atoms with Crippen LogP contribution in [0.2, 0.25) is 0 Å². The number of rotatable bonds is 5. The molecule has 4 N–H and O–H groups in total. The third kappa shape index (κ3) is 3.97. The van der Waals surface area contributed by atoms with Crippen molar-refractivity contribution in [1.82, 2.24) is 24.8 Å². The van der Waals surface area contributed by atoms with Crippen molar-refractivity contribution in [2.24, 2.45) is 0 Å². The first-order chi connectivity index (χ1) is 15.2. The van der Waals surface area contributed by atoms with Crippen molar-refractivity contribution in [1.29, 1.82) is 0 Å². The van der Waals surface area contributed by atoms with Gasteiger partial charge >= 0.3 is 6.18 Å². The third-order valence-corrected chi connectivity index (χ3v) is 5.09. The molecule has 1 amide bonds. The van der Waals surface area contributed by atoms with Gasteiger partial charge in [-0.2, -0.15) is 13.2 Å². The summed E-state index contributed by atoms with van der Waals surface area (Å²) in [6.07, 6.45) is -7.23. The fourth-order valence-electron chi connectivity index (χ4n) is 3.46. The van der Waals surface area contributed by atoms with E-state index >= 15 is 0 Å². The lowest BCUT2D eigenvalue weighted by Crippen LogP contribution is -2.41. The second-order valence-corrected chi connectivity index (χ2v) is 7.14. The zero-order valence-electron chi connectivity index (χ0n) is 16.6. The maximum Gasteiger partial charge on any atom is 0.416 e. The summed E-state index contributed by atoms with van der Waals surface area (Å²) in [6.45, 7) is 0.0445. The Morgan fingerprint density at radius 3 is 2.72 bits per heavy atom. The van der Waals surface area contributed by atoms with E-state index in [1.165, 1.54) is 30.3 Å². The van der Waals surface area contributed by atoms with Crippen LogP contribution in [0.4, 0.5) is 19.0 Å². The smallest absolute Gasteiger partial charge is 0.387 e. The number of aliphatic hydroxyl groups excluding tert-OH is 2. The molecule has 1 aliphatic rings. The van der Waals surface area contributed by atoms with Crippen LogP contribution in [-0.2, 0) is 22.3 Å². The highest BCUT2D eigenvalue weighted by molar-refractivity contribution is 5.83. The molecule has 10 nitrogen and oxygen atoms in total. The molecule has 1 aromatic carbocycles. The van der Waals surface area contributed by atoms with Crippen molar-refractivity contribution in [3.05, 3.63) is 48.0 Å². The Hall–Kier alpha value is -3.29. The summed E-state index contributed by atoms with van der Waals surface area (Å²) in [5.41, 5.74) is 0.135. The number of benzene rings is 1. The molecule has 0 radical (unpaired) electrons. The number of hydrogen-bond donors (Lipinski definition) is 4. The van der Waals surface area contributed by atoms with E-state index in [-0.39, 0.29) is 23.5 Å². The number of hydrogen-bond acceptors (Lipinski definition) is 8. The van der Waals surface area contributed by atoms with E-state index < -0.39 is 42.2 Å². The molecule has 32 heavy (non-hydrogen) atoms. The Morgan fingerprint density at radius 1 is 1.22 bits per heavy atom. The van der Waals surface area contributed by atoms with E-state index in [1.807, 2.05) is 0 Å². The van der Waals surface area contributed by atoms with Crippen LogP contribution in [0, 0.1) is 0 Å². The van der Waals surface area contributed by atoms with Crippen LogP contribution >= 0.6 is 0 Å². The van der Waals surface area contributed by atoms with Crippen LogP contribution in [0.15, 0.2) is 36.9 Å². The Balaban J connectivity index is 1.57. The highest BCUT2D eigenvalue weighted by Gasteiger charge is 2.47. The molecule has 0 aliphatic carbocycles. The van der Waals surface area contributed by atoms with Crippen LogP contribution < -0.4 is 10.6 Å². The minimum atomic E-state index is -4.45. The number of nitrogens with one attached hydrogen (secondary N) is 2. The predicted molar refractivity (Wildman–Crippen MR) is 104 cm³/mol. The van der Waals surface area contributed by atoms with Gasteiger partial charge in [0.2, 0.25) is 0 Å². The van der Waals surface area contributed by atoms with Gasteiger partial charge in [-0.25, -0.2) is 15.0 Å². The first-order valence-electron chi connectivity index (χ1n) is 9.51. The molecule has 4 rings (SSSR count). The molecular weight excluding hydrogens is 433 g/mol. The summed E-state index contributed by atoms with van der Waals surface area (Å²) >= 11 is 0. The molecule has 170 valence electrons. The summed E-state index contributed by atoms with van der Waals surface area (Å²) in [7, 11) is 1.38. The molecule has 1 saturated heterocycles. The second kappa shape index (κ2) is 8.33. The number of carbonyl (C=O) groups is 1. The number of carbonyl (C=O) groups excluding carboxylic acids is 1. The standard InChI is InChI=1S/C19H19F3N6O4/c1-23-17(31)14-12(29)13(30)18(32-14)28-8-27-11-15(25-7-26-16(11)28)24-6-9-3-2-4-10(5-9)19(20,21)22/h2-5,7-8,12-14,18,29-30H,6H2,1H3,(H,23,31)(H,24,25,26)/t12-,13+,14-,18?/m0/s1. The number of likely N-dealkylation sites (N-methyl/N-ethyl adjacent to an activating group) is 1. The van der Waals surface area contributed by atoms with Crippen LogP contribution in [0.1, 0.15) is 17.4 Å². The van der Waals surface area contributed by atoms with Gasteiger partial charge < -0.3 is 25.6 Å². The van der Waals surface area contributed by atoms with E-state index in [9.17, 15) is 28.2 Å². The minimum Gasteiger partial charge on any atom is -0.387 e. The zero-order valence-corrected chi connectivity index (χ0v) is 16.6. The van der Waals surface area contributed by atoms with Crippen molar-refractivity contribution in [3.63, 3.8) is 0 Å². The summed E-state index contributed by atoms with van der Waals surface area (Å²) in [6, 6.07) is 4.88. The lowest BCUT2D eigenvalue weighted by Gasteiger charge is -2.16. The monoisotopic (exact) mass is 452 g/mol. The van der Waals surface area contributed by atoms with Crippen molar-refractivity contribution in [2.45, 2.75) is 37.3 Å². The number of aliphatic hydroxyl groups is 2. The number of fused-ring (bicyclic) bond motifs is 1. The number of amides is 1. The largest absolute Gasteiger partial charge is 0.416 e. The molecule has 1 aliphatic heterocycles. The molecule has 0 spiro atoms. The van der Waals surface area contributed by atoms with E-state index in [4.69, 9.17) is 4.74 Å². The van der Waals surface area contributed by atoms with Crippen molar-refractivity contribution >= 4 is 22.9 Å². The number of ether oxygens (including phenoxy) is 1. The van der Waals surface area contributed by atoms with E-state index in [1.54, 1.807) is 6.07 Å². The third-order valence-electron chi connectivity index (χ3n) is 5.09. The normalized spacial score (nSPS) is 23.4. The lowest BCUT2D eigenvalue weighted by molar-refractivity contribution is -0.138. The maximum atomic E-state index is 12.9. The Kier molecular flexibility index (Phi) is 5.71. The Morgan fingerprint density at radius 2 is 2.00 bits per heavy atom. The van der Waals surface area contributed by atoms with Crippen molar-refractivity contribution < 1.29 is 32.9 Å². The van der Waals surface area contributed by atoms with Gasteiger partial charge in [-0.05, 0) is 17.7 Å². The maximum absolute atomic E-state index is 12.9. The summed E-state index contributed by atoms with van der Waals surface area (Å²) in [5.74, 6) is -0.344. The topological polar surface area (TPSA) is 134 Å². The van der Waals surface area contributed by atoms with Crippen LogP contribution in [0.5, 0.6) is 0 Å². The van der Waals surface area contributed by atoms with Gasteiger partial charge in [0.15, 0.2) is 29.3 Å². The number of imidazole rings is 1. The van der Waals surface area contributed by atoms with Gasteiger partial charge in [0.1, 0.15) is 18.5 Å². The van der Waals surface area contributed by atoms with E-state index in [0.29, 0.717) is 5.56 Å².